The summed E-state index contributed by atoms with van der Waals surface area (Å²) in [6, 6.07) is 9.33. The van der Waals surface area contributed by atoms with Gasteiger partial charge in [0.25, 0.3) is 0 Å². The summed E-state index contributed by atoms with van der Waals surface area (Å²) in [5.74, 6) is 1.13. The zero-order valence-electron chi connectivity index (χ0n) is 11.0. The molecule has 94 valence electrons. The van der Waals surface area contributed by atoms with Crippen molar-refractivity contribution in [2.24, 2.45) is 0 Å². The number of imidazole rings is 1. The third-order valence-corrected chi connectivity index (χ3v) is 3.95. The lowest BCUT2D eigenvalue weighted by Gasteiger charge is -2.24. The molecule has 0 radical (unpaired) electrons. The van der Waals surface area contributed by atoms with Gasteiger partial charge in [-0.05, 0) is 19.8 Å². The van der Waals surface area contributed by atoms with Crippen LogP contribution in [0.15, 0.2) is 36.7 Å². The van der Waals surface area contributed by atoms with E-state index in [9.17, 15) is 0 Å². The molecule has 1 aliphatic carbocycles. The summed E-state index contributed by atoms with van der Waals surface area (Å²) in [4.78, 5) is 4.55. The Balaban J connectivity index is 1.93. The first-order valence-corrected chi connectivity index (χ1v) is 6.94. The largest absolute Gasteiger partial charge is 0.328 e. The summed E-state index contributed by atoms with van der Waals surface area (Å²) in [5.41, 5.74) is 2.53. The van der Waals surface area contributed by atoms with E-state index in [0.717, 1.165) is 5.82 Å². The van der Waals surface area contributed by atoms with Gasteiger partial charge >= 0.3 is 0 Å². The van der Waals surface area contributed by atoms with E-state index in [-0.39, 0.29) is 0 Å². The standard InChI is InChI=1S/C16H20N2/c1-13-7-9-14(10-8-13)16-17-11-12-18(16)15-5-3-2-4-6-15/h7-12,15H,2-6H2,1H3. The smallest absolute Gasteiger partial charge is 0.140 e. The minimum Gasteiger partial charge on any atom is -0.328 e. The third-order valence-electron chi connectivity index (χ3n) is 3.95. The lowest BCUT2D eigenvalue weighted by molar-refractivity contribution is 0.355. The van der Waals surface area contributed by atoms with Crippen molar-refractivity contribution in [2.45, 2.75) is 45.1 Å². The predicted octanol–water partition coefficient (Wildman–Crippen LogP) is 4.36. The van der Waals surface area contributed by atoms with Gasteiger partial charge in [-0.15, -0.1) is 0 Å². The molecule has 0 unspecified atom stereocenters. The fourth-order valence-electron chi connectivity index (χ4n) is 2.89. The van der Waals surface area contributed by atoms with E-state index in [0.29, 0.717) is 6.04 Å². The first-order chi connectivity index (χ1) is 8.84. The molecule has 1 heterocycles. The lowest BCUT2D eigenvalue weighted by Crippen LogP contribution is -2.13. The van der Waals surface area contributed by atoms with Crippen molar-refractivity contribution in [2.75, 3.05) is 0 Å². The van der Waals surface area contributed by atoms with Gasteiger partial charge in [-0.3, -0.25) is 0 Å². The van der Waals surface area contributed by atoms with Gasteiger partial charge in [-0.1, -0.05) is 49.1 Å². The number of nitrogens with zero attached hydrogens (tertiary/aromatic N) is 2. The van der Waals surface area contributed by atoms with Gasteiger partial charge in [0.1, 0.15) is 5.82 Å². The Kier molecular flexibility index (Phi) is 3.18. The van der Waals surface area contributed by atoms with E-state index in [1.165, 1.54) is 43.2 Å². The minimum absolute atomic E-state index is 0.651. The van der Waals surface area contributed by atoms with E-state index >= 15 is 0 Å². The number of rotatable bonds is 2. The molecule has 2 nitrogen and oxygen atoms in total. The van der Waals surface area contributed by atoms with Gasteiger partial charge < -0.3 is 4.57 Å². The van der Waals surface area contributed by atoms with Crippen LogP contribution in [-0.4, -0.2) is 9.55 Å². The maximum atomic E-state index is 4.55. The van der Waals surface area contributed by atoms with Crippen LogP contribution in [0.5, 0.6) is 0 Å². The third kappa shape index (κ3) is 2.20. The van der Waals surface area contributed by atoms with Crippen molar-refractivity contribution in [3.05, 3.63) is 42.2 Å². The van der Waals surface area contributed by atoms with Crippen LogP contribution in [-0.2, 0) is 0 Å². The van der Waals surface area contributed by atoms with Crippen LogP contribution in [0.25, 0.3) is 11.4 Å². The molecule has 0 N–H and O–H groups in total. The van der Waals surface area contributed by atoms with Crippen molar-refractivity contribution >= 4 is 0 Å². The molecular weight excluding hydrogens is 220 g/mol. The summed E-state index contributed by atoms with van der Waals surface area (Å²) >= 11 is 0. The number of benzene rings is 1. The van der Waals surface area contributed by atoms with E-state index < -0.39 is 0 Å². The molecule has 0 bridgehead atoms. The van der Waals surface area contributed by atoms with Crippen LogP contribution >= 0.6 is 0 Å². The van der Waals surface area contributed by atoms with Gasteiger partial charge in [0.2, 0.25) is 0 Å². The van der Waals surface area contributed by atoms with Crippen LogP contribution in [0.4, 0.5) is 0 Å². The number of hydrogen-bond donors (Lipinski definition) is 0. The first kappa shape index (κ1) is 11.5. The van der Waals surface area contributed by atoms with Crippen LogP contribution in [0.2, 0.25) is 0 Å². The summed E-state index contributed by atoms with van der Waals surface area (Å²) in [5, 5.41) is 0. The Morgan fingerprint density at radius 1 is 1.06 bits per heavy atom. The van der Waals surface area contributed by atoms with E-state index in [2.05, 4.69) is 46.9 Å². The molecule has 0 saturated heterocycles. The summed E-state index contributed by atoms with van der Waals surface area (Å²) in [6.07, 6.45) is 10.8. The topological polar surface area (TPSA) is 17.8 Å². The highest BCUT2D eigenvalue weighted by Crippen LogP contribution is 2.31. The fraction of sp³-hybridized carbons (Fsp3) is 0.438. The van der Waals surface area contributed by atoms with Crippen LogP contribution < -0.4 is 0 Å². The quantitative estimate of drug-likeness (QED) is 0.762. The molecule has 0 atom stereocenters. The second-order valence-corrected chi connectivity index (χ2v) is 5.32. The molecular formula is C16H20N2. The predicted molar refractivity (Wildman–Crippen MR) is 74.5 cm³/mol. The first-order valence-electron chi connectivity index (χ1n) is 6.94. The Morgan fingerprint density at radius 3 is 2.50 bits per heavy atom. The summed E-state index contributed by atoms with van der Waals surface area (Å²) in [7, 11) is 0. The molecule has 2 aromatic rings. The van der Waals surface area contributed by atoms with Crippen LogP contribution in [0, 0.1) is 6.92 Å². The van der Waals surface area contributed by atoms with Crippen molar-refractivity contribution in [1.29, 1.82) is 0 Å². The van der Waals surface area contributed by atoms with Crippen molar-refractivity contribution < 1.29 is 0 Å². The fourth-order valence-corrected chi connectivity index (χ4v) is 2.89. The zero-order valence-corrected chi connectivity index (χ0v) is 11.0. The monoisotopic (exact) mass is 240 g/mol. The molecule has 2 heteroatoms. The molecule has 1 aromatic carbocycles. The molecule has 0 aliphatic heterocycles. The Bertz CT molecular complexity index is 504. The molecule has 1 aliphatic rings. The highest BCUT2D eigenvalue weighted by atomic mass is 15.1. The Labute approximate surface area is 109 Å². The summed E-state index contributed by atoms with van der Waals surface area (Å²) in [6.45, 7) is 2.12. The maximum absolute atomic E-state index is 4.55. The lowest BCUT2D eigenvalue weighted by atomic mass is 9.95. The highest BCUT2D eigenvalue weighted by Gasteiger charge is 2.18. The average molecular weight is 240 g/mol. The highest BCUT2D eigenvalue weighted by molar-refractivity contribution is 5.56. The molecule has 0 spiro atoms. The van der Waals surface area contributed by atoms with Crippen LogP contribution in [0.1, 0.15) is 43.7 Å². The Morgan fingerprint density at radius 2 is 1.78 bits per heavy atom. The van der Waals surface area contributed by atoms with E-state index in [4.69, 9.17) is 0 Å². The second kappa shape index (κ2) is 4.97. The zero-order chi connectivity index (χ0) is 12.4. The summed E-state index contributed by atoms with van der Waals surface area (Å²) < 4.78 is 2.38. The SMILES string of the molecule is Cc1ccc(-c2nccn2C2CCCCC2)cc1. The number of aromatic nitrogens is 2. The van der Waals surface area contributed by atoms with Gasteiger partial charge in [0.05, 0.1) is 0 Å². The van der Waals surface area contributed by atoms with Gasteiger partial charge in [0, 0.05) is 24.0 Å². The van der Waals surface area contributed by atoms with Crippen LogP contribution in [0.3, 0.4) is 0 Å². The Hall–Kier alpha value is -1.57. The molecule has 1 aromatic heterocycles. The number of hydrogen-bond acceptors (Lipinski definition) is 1. The molecule has 18 heavy (non-hydrogen) atoms. The minimum atomic E-state index is 0.651. The molecule has 1 saturated carbocycles. The van der Waals surface area contributed by atoms with Gasteiger partial charge in [-0.2, -0.15) is 0 Å². The van der Waals surface area contributed by atoms with E-state index in [1.807, 2.05) is 6.20 Å². The normalized spacial score (nSPS) is 16.9. The van der Waals surface area contributed by atoms with Gasteiger partial charge in [0.15, 0.2) is 0 Å². The molecule has 3 rings (SSSR count). The second-order valence-electron chi connectivity index (χ2n) is 5.32. The number of aryl methyl sites for hydroxylation is 1. The van der Waals surface area contributed by atoms with Crippen molar-refractivity contribution in [3.63, 3.8) is 0 Å². The van der Waals surface area contributed by atoms with Gasteiger partial charge in [-0.25, -0.2) is 4.98 Å². The van der Waals surface area contributed by atoms with E-state index in [1.54, 1.807) is 0 Å². The molecule has 1 fully saturated rings. The van der Waals surface area contributed by atoms with Crippen molar-refractivity contribution in [3.8, 4) is 11.4 Å². The molecule has 0 amide bonds. The average Bonchev–Trinajstić information content (AvgIpc) is 2.90. The maximum Gasteiger partial charge on any atom is 0.140 e. The van der Waals surface area contributed by atoms with Crippen molar-refractivity contribution in [1.82, 2.24) is 9.55 Å².